The van der Waals surface area contributed by atoms with Gasteiger partial charge >= 0.3 is 10.2 Å². The normalized spacial score (nSPS) is 11.5. The summed E-state index contributed by atoms with van der Waals surface area (Å²) in [5.41, 5.74) is 2.28. The molecule has 0 atom stereocenters. The van der Waals surface area contributed by atoms with Gasteiger partial charge in [-0.1, -0.05) is 11.6 Å². The van der Waals surface area contributed by atoms with Crippen LogP contribution in [0.5, 0.6) is 0 Å². The van der Waals surface area contributed by atoms with Crippen molar-refractivity contribution < 1.29 is 8.42 Å². The van der Waals surface area contributed by atoms with Gasteiger partial charge in [-0.25, -0.2) is 4.98 Å². The summed E-state index contributed by atoms with van der Waals surface area (Å²) in [6.45, 7) is 1.94. The first-order valence-corrected chi connectivity index (χ1v) is 8.29. The van der Waals surface area contributed by atoms with Crippen LogP contribution in [0.4, 0.5) is 17.2 Å². The van der Waals surface area contributed by atoms with Crippen LogP contribution in [-0.2, 0) is 10.2 Å². The average molecular weight is 341 g/mol. The number of hydrogen-bond donors (Lipinski definition) is 2. The third kappa shape index (κ3) is 4.09. The monoisotopic (exact) mass is 340 g/mol. The molecule has 1 aromatic heterocycles. The van der Waals surface area contributed by atoms with Crippen LogP contribution in [0.1, 0.15) is 5.56 Å². The molecule has 0 aliphatic rings. The Hall–Kier alpha value is -1.83. The molecular formula is C14H17ClN4O2S. The fourth-order valence-corrected chi connectivity index (χ4v) is 2.50. The van der Waals surface area contributed by atoms with Crippen molar-refractivity contribution in [1.29, 1.82) is 0 Å². The SMILES string of the molecule is Cc1cc(Cl)ccc1Nc1ccc(NS(=O)(=O)N(C)C)cn1. The maximum Gasteiger partial charge on any atom is 0.301 e. The predicted molar refractivity (Wildman–Crippen MR) is 89.9 cm³/mol. The molecule has 1 heterocycles. The lowest BCUT2D eigenvalue weighted by Crippen LogP contribution is -2.28. The van der Waals surface area contributed by atoms with Gasteiger partial charge in [0.25, 0.3) is 0 Å². The number of benzene rings is 1. The standard InChI is InChI=1S/C14H17ClN4O2S/c1-10-8-11(15)4-6-13(10)17-14-7-5-12(9-16-14)18-22(20,21)19(2)3/h4-9,18H,1-3H3,(H,16,17). The van der Waals surface area contributed by atoms with Crippen LogP contribution in [0.3, 0.4) is 0 Å². The topological polar surface area (TPSA) is 74.3 Å². The number of pyridine rings is 1. The lowest BCUT2D eigenvalue weighted by atomic mass is 10.2. The summed E-state index contributed by atoms with van der Waals surface area (Å²) >= 11 is 5.92. The van der Waals surface area contributed by atoms with Crippen molar-refractivity contribution in [2.75, 3.05) is 24.1 Å². The summed E-state index contributed by atoms with van der Waals surface area (Å²) in [4.78, 5) is 4.19. The first-order valence-electron chi connectivity index (χ1n) is 6.47. The van der Waals surface area contributed by atoms with Gasteiger partial charge in [-0.3, -0.25) is 4.72 Å². The molecule has 2 aromatic rings. The van der Waals surface area contributed by atoms with Crippen molar-refractivity contribution in [3.05, 3.63) is 47.1 Å². The average Bonchev–Trinajstić information content (AvgIpc) is 2.43. The van der Waals surface area contributed by atoms with Crippen LogP contribution < -0.4 is 10.0 Å². The number of halogens is 1. The zero-order valence-electron chi connectivity index (χ0n) is 12.5. The first-order chi connectivity index (χ1) is 10.3. The predicted octanol–water partition coefficient (Wildman–Crippen LogP) is 3.01. The minimum absolute atomic E-state index is 0.395. The third-order valence-electron chi connectivity index (χ3n) is 2.94. The second kappa shape index (κ2) is 6.51. The van der Waals surface area contributed by atoms with E-state index in [1.165, 1.54) is 20.3 Å². The molecule has 1 aromatic carbocycles. The molecule has 0 saturated carbocycles. The highest BCUT2D eigenvalue weighted by Crippen LogP contribution is 2.23. The van der Waals surface area contributed by atoms with Crippen molar-refractivity contribution in [3.8, 4) is 0 Å². The Labute approximate surface area is 135 Å². The minimum Gasteiger partial charge on any atom is -0.340 e. The lowest BCUT2D eigenvalue weighted by molar-refractivity contribution is 0.527. The molecule has 2 rings (SSSR count). The van der Waals surface area contributed by atoms with E-state index in [-0.39, 0.29) is 0 Å². The van der Waals surface area contributed by atoms with Crippen molar-refractivity contribution in [2.24, 2.45) is 0 Å². The summed E-state index contributed by atoms with van der Waals surface area (Å²) in [6.07, 6.45) is 1.45. The van der Waals surface area contributed by atoms with Crippen LogP contribution >= 0.6 is 11.6 Å². The number of hydrogen-bond acceptors (Lipinski definition) is 4. The summed E-state index contributed by atoms with van der Waals surface area (Å²) < 4.78 is 26.9. The fraction of sp³-hybridized carbons (Fsp3) is 0.214. The van der Waals surface area contributed by atoms with Crippen LogP contribution in [0.25, 0.3) is 0 Å². The lowest BCUT2D eigenvalue weighted by Gasteiger charge is -2.14. The highest BCUT2D eigenvalue weighted by Gasteiger charge is 2.12. The van der Waals surface area contributed by atoms with Gasteiger partial charge in [-0.05, 0) is 42.8 Å². The molecule has 0 aliphatic heterocycles. The van der Waals surface area contributed by atoms with Crippen LogP contribution in [0.2, 0.25) is 5.02 Å². The number of nitrogens with one attached hydrogen (secondary N) is 2. The zero-order valence-corrected chi connectivity index (χ0v) is 14.0. The van der Waals surface area contributed by atoms with E-state index in [0.717, 1.165) is 15.6 Å². The first kappa shape index (κ1) is 16.5. The number of aryl methyl sites for hydroxylation is 1. The van der Waals surface area contributed by atoms with Gasteiger partial charge in [0, 0.05) is 24.8 Å². The van der Waals surface area contributed by atoms with Gasteiger partial charge < -0.3 is 5.32 Å². The highest BCUT2D eigenvalue weighted by atomic mass is 35.5. The number of aromatic nitrogens is 1. The Morgan fingerprint density at radius 2 is 1.91 bits per heavy atom. The van der Waals surface area contributed by atoms with Crippen molar-refractivity contribution >= 4 is 39.0 Å². The molecule has 22 heavy (non-hydrogen) atoms. The van der Waals surface area contributed by atoms with E-state index >= 15 is 0 Å². The van der Waals surface area contributed by atoms with E-state index in [4.69, 9.17) is 11.6 Å². The number of nitrogens with zero attached hydrogens (tertiary/aromatic N) is 2. The van der Waals surface area contributed by atoms with Crippen molar-refractivity contribution in [3.63, 3.8) is 0 Å². The molecule has 0 bridgehead atoms. The van der Waals surface area contributed by atoms with Crippen LogP contribution in [-0.4, -0.2) is 31.8 Å². The highest BCUT2D eigenvalue weighted by molar-refractivity contribution is 7.90. The smallest absolute Gasteiger partial charge is 0.301 e. The minimum atomic E-state index is -3.53. The maximum absolute atomic E-state index is 11.7. The Morgan fingerprint density at radius 3 is 2.45 bits per heavy atom. The largest absolute Gasteiger partial charge is 0.340 e. The molecular weight excluding hydrogens is 324 g/mol. The third-order valence-corrected chi connectivity index (χ3v) is 4.63. The fourth-order valence-electron chi connectivity index (χ4n) is 1.67. The van der Waals surface area contributed by atoms with E-state index in [1.54, 1.807) is 18.2 Å². The molecule has 0 fully saturated rings. The van der Waals surface area contributed by atoms with E-state index in [0.29, 0.717) is 16.5 Å². The molecule has 8 heteroatoms. The Kier molecular flexibility index (Phi) is 4.90. The molecule has 0 saturated heterocycles. The summed E-state index contributed by atoms with van der Waals surface area (Å²) in [7, 11) is -0.619. The van der Waals surface area contributed by atoms with E-state index in [1.807, 2.05) is 19.1 Å². The molecule has 0 radical (unpaired) electrons. The summed E-state index contributed by atoms with van der Waals surface area (Å²) in [6, 6.07) is 8.84. The van der Waals surface area contributed by atoms with Gasteiger partial charge in [0.15, 0.2) is 0 Å². The summed E-state index contributed by atoms with van der Waals surface area (Å²) in [5, 5.41) is 3.83. The van der Waals surface area contributed by atoms with Crippen molar-refractivity contribution in [1.82, 2.24) is 9.29 Å². The second-order valence-electron chi connectivity index (χ2n) is 4.91. The second-order valence-corrected chi connectivity index (χ2v) is 7.23. The molecule has 2 N–H and O–H groups in total. The molecule has 0 unspecified atom stereocenters. The molecule has 6 nitrogen and oxygen atoms in total. The van der Waals surface area contributed by atoms with E-state index in [2.05, 4.69) is 15.0 Å². The van der Waals surface area contributed by atoms with E-state index in [9.17, 15) is 8.42 Å². The Bertz CT molecular complexity index is 761. The molecule has 0 amide bonds. The quantitative estimate of drug-likeness (QED) is 0.877. The van der Waals surface area contributed by atoms with Gasteiger partial charge in [-0.2, -0.15) is 12.7 Å². The summed E-state index contributed by atoms with van der Waals surface area (Å²) in [5.74, 6) is 0.609. The van der Waals surface area contributed by atoms with Crippen LogP contribution in [0, 0.1) is 6.92 Å². The van der Waals surface area contributed by atoms with Gasteiger partial charge in [0.05, 0.1) is 11.9 Å². The van der Waals surface area contributed by atoms with Crippen LogP contribution in [0.15, 0.2) is 36.5 Å². The van der Waals surface area contributed by atoms with Gasteiger partial charge in [0.1, 0.15) is 5.82 Å². The molecule has 118 valence electrons. The Morgan fingerprint density at radius 1 is 1.18 bits per heavy atom. The van der Waals surface area contributed by atoms with Gasteiger partial charge in [-0.15, -0.1) is 0 Å². The molecule has 0 spiro atoms. The zero-order chi connectivity index (χ0) is 16.3. The van der Waals surface area contributed by atoms with E-state index < -0.39 is 10.2 Å². The maximum atomic E-state index is 11.7. The molecule has 0 aliphatic carbocycles. The van der Waals surface area contributed by atoms with Gasteiger partial charge in [0.2, 0.25) is 0 Å². The number of rotatable bonds is 5. The van der Waals surface area contributed by atoms with Crippen molar-refractivity contribution in [2.45, 2.75) is 6.92 Å². The number of anilines is 3. The Balaban J connectivity index is 2.12.